The van der Waals surface area contributed by atoms with E-state index in [0.717, 1.165) is 22.6 Å². The highest BCUT2D eigenvalue weighted by molar-refractivity contribution is 7.91. The molecule has 3 rings (SSSR count). The molecular weight excluding hydrogens is 366 g/mol. The predicted molar refractivity (Wildman–Crippen MR) is 105 cm³/mol. The lowest BCUT2D eigenvalue weighted by Gasteiger charge is -2.10. The van der Waals surface area contributed by atoms with Gasteiger partial charge >= 0.3 is 0 Å². The molecule has 1 atom stereocenters. The summed E-state index contributed by atoms with van der Waals surface area (Å²) in [6, 6.07) is 9.29. The van der Waals surface area contributed by atoms with E-state index in [1.807, 2.05) is 44.2 Å². The maximum absolute atomic E-state index is 11.9. The molecule has 144 valence electrons. The van der Waals surface area contributed by atoms with E-state index in [1.165, 1.54) is 0 Å². The van der Waals surface area contributed by atoms with Crippen LogP contribution in [0.2, 0.25) is 0 Å². The molecule has 0 spiro atoms. The minimum atomic E-state index is -2.98. The zero-order valence-electron chi connectivity index (χ0n) is 15.3. The number of rotatable bonds is 6. The van der Waals surface area contributed by atoms with Crippen LogP contribution >= 0.6 is 0 Å². The highest BCUT2D eigenvalue weighted by Gasteiger charge is 2.31. The normalized spacial score (nSPS) is 18.7. The molecule has 0 saturated carbocycles. The molecule has 0 aliphatic carbocycles. The first kappa shape index (κ1) is 19.1. The maximum atomic E-state index is 11.9. The Kier molecular flexibility index (Phi) is 5.59. The summed E-state index contributed by atoms with van der Waals surface area (Å²) in [5.41, 5.74) is 5.72. The van der Waals surface area contributed by atoms with Crippen molar-refractivity contribution in [2.24, 2.45) is 5.10 Å². The number of para-hydroxylation sites is 1. The first-order valence-electron chi connectivity index (χ1n) is 8.72. The average molecular weight is 389 g/mol. The summed E-state index contributed by atoms with van der Waals surface area (Å²) in [4.78, 5) is 11.9. The van der Waals surface area contributed by atoms with Crippen LogP contribution in [0.3, 0.4) is 0 Å². The van der Waals surface area contributed by atoms with Gasteiger partial charge < -0.3 is 5.32 Å². The van der Waals surface area contributed by atoms with E-state index in [0.29, 0.717) is 6.42 Å². The summed E-state index contributed by atoms with van der Waals surface area (Å²) in [5.74, 6) is 0.0526. The van der Waals surface area contributed by atoms with Crippen LogP contribution in [0.5, 0.6) is 0 Å². The van der Waals surface area contributed by atoms with Crippen molar-refractivity contribution in [2.45, 2.75) is 26.3 Å². The number of nitrogens with zero attached hydrogens (tertiary/aromatic N) is 3. The minimum Gasteiger partial charge on any atom is -0.376 e. The van der Waals surface area contributed by atoms with Crippen LogP contribution in [0, 0.1) is 13.8 Å². The molecule has 8 nitrogen and oxygen atoms in total. The van der Waals surface area contributed by atoms with Gasteiger partial charge in [-0.05, 0) is 32.4 Å². The Morgan fingerprint density at radius 1 is 1.33 bits per heavy atom. The van der Waals surface area contributed by atoms with Gasteiger partial charge in [-0.3, -0.25) is 9.48 Å². The van der Waals surface area contributed by atoms with Crippen LogP contribution in [0.4, 0.5) is 5.69 Å². The fourth-order valence-electron chi connectivity index (χ4n) is 3.13. The SMILES string of the molecule is Cc1nn([C@@H]2CCS(=O)(=O)C2)c(C)c1/C=N\NC(=O)CNc1ccccc1. The molecule has 1 aromatic heterocycles. The monoisotopic (exact) mass is 389 g/mol. The van der Waals surface area contributed by atoms with Crippen LogP contribution in [0.25, 0.3) is 0 Å². The first-order chi connectivity index (χ1) is 12.9. The fraction of sp³-hybridized carbons (Fsp3) is 0.389. The number of benzene rings is 1. The van der Waals surface area contributed by atoms with Gasteiger partial charge in [0.05, 0.1) is 36.0 Å². The number of aromatic nitrogens is 2. The molecule has 1 aromatic carbocycles. The molecule has 1 amide bonds. The van der Waals surface area contributed by atoms with E-state index >= 15 is 0 Å². The van der Waals surface area contributed by atoms with Crippen molar-refractivity contribution >= 4 is 27.6 Å². The predicted octanol–water partition coefficient (Wildman–Crippen LogP) is 1.42. The van der Waals surface area contributed by atoms with Crippen molar-refractivity contribution in [3.8, 4) is 0 Å². The standard InChI is InChI=1S/C18H23N5O3S/c1-13-17(14(2)23(22-13)16-8-9-27(25,26)12-16)10-20-21-18(24)11-19-15-6-4-3-5-7-15/h3-7,10,16,19H,8-9,11-12H2,1-2H3,(H,21,24)/b20-10-/t16-/m1/s1. The Morgan fingerprint density at radius 3 is 2.74 bits per heavy atom. The summed E-state index contributed by atoms with van der Waals surface area (Å²) >= 11 is 0. The summed E-state index contributed by atoms with van der Waals surface area (Å²) in [6.45, 7) is 3.83. The van der Waals surface area contributed by atoms with E-state index in [1.54, 1.807) is 10.9 Å². The number of aryl methyl sites for hydroxylation is 1. The molecule has 1 fully saturated rings. The van der Waals surface area contributed by atoms with Crippen molar-refractivity contribution < 1.29 is 13.2 Å². The van der Waals surface area contributed by atoms with Gasteiger partial charge in [-0.1, -0.05) is 18.2 Å². The number of amides is 1. The number of hydrazone groups is 1. The third kappa shape index (κ3) is 4.73. The quantitative estimate of drug-likeness (QED) is 0.574. The van der Waals surface area contributed by atoms with E-state index in [-0.39, 0.29) is 30.0 Å². The Balaban J connectivity index is 1.59. The van der Waals surface area contributed by atoms with Gasteiger partial charge in [0.1, 0.15) is 0 Å². The minimum absolute atomic E-state index is 0.110. The molecular formula is C18H23N5O3S. The molecule has 2 heterocycles. The van der Waals surface area contributed by atoms with Gasteiger partial charge in [-0.25, -0.2) is 13.8 Å². The Morgan fingerprint density at radius 2 is 2.07 bits per heavy atom. The van der Waals surface area contributed by atoms with Crippen molar-refractivity contribution in [1.29, 1.82) is 0 Å². The van der Waals surface area contributed by atoms with Crippen LogP contribution in [0.15, 0.2) is 35.4 Å². The number of carbonyl (C=O) groups excluding carboxylic acids is 1. The number of hydrogen-bond donors (Lipinski definition) is 2. The second-order valence-electron chi connectivity index (χ2n) is 6.60. The third-order valence-electron chi connectivity index (χ3n) is 4.54. The summed E-state index contributed by atoms with van der Waals surface area (Å²) in [5, 5.41) is 11.5. The first-order valence-corrected chi connectivity index (χ1v) is 10.5. The number of anilines is 1. The molecule has 0 radical (unpaired) electrons. The van der Waals surface area contributed by atoms with E-state index in [2.05, 4.69) is 20.9 Å². The lowest BCUT2D eigenvalue weighted by Crippen LogP contribution is -2.25. The highest BCUT2D eigenvalue weighted by Crippen LogP contribution is 2.26. The molecule has 2 N–H and O–H groups in total. The number of nitrogens with one attached hydrogen (secondary N) is 2. The molecule has 2 aromatic rings. The molecule has 9 heteroatoms. The maximum Gasteiger partial charge on any atom is 0.259 e. The second-order valence-corrected chi connectivity index (χ2v) is 8.83. The van der Waals surface area contributed by atoms with Crippen LogP contribution in [0.1, 0.15) is 29.4 Å². The molecule has 1 aliphatic rings. The Hall–Kier alpha value is -2.68. The van der Waals surface area contributed by atoms with Crippen LogP contribution < -0.4 is 10.7 Å². The lowest BCUT2D eigenvalue weighted by atomic mass is 10.2. The largest absolute Gasteiger partial charge is 0.376 e. The van der Waals surface area contributed by atoms with Gasteiger partial charge in [0.2, 0.25) is 0 Å². The summed E-state index contributed by atoms with van der Waals surface area (Å²) < 4.78 is 25.2. The van der Waals surface area contributed by atoms with Gasteiger partial charge in [0.15, 0.2) is 9.84 Å². The van der Waals surface area contributed by atoms with Gasteiger partial charge in [0, 0.05) is 16.9 Å². The molecule has 27 heavy (non-hydrogen) atoms. The topological polar surface area (TPSA) is 105 Å². The van der Waals surface area contributed by atoms with Crippen LogP contribution in [-0.4, -0.2) is 48.4 Å². The highest BCUT2D eigenvalue weighted by atomic mass is 32.2. The summed E-state index contributed by atoms with van der Waals surface area (Å²) in [7, 11) is -2.98. The van der Waals surface area contributed by atoms with Crippen molar-refractivity contribution in [3.05, 3.63) is 47.3 Å². The molecule has 0 unspecified atom stereocenters. The van der Waals surface area contributed by atoms with Crippen molar-refractivity contribution in [2.75, 3.05) is 23.4 Å². The third-order valence-corrected chi connectivity index (χ3v) is 6.30. The average Bonchev–Trinajstić information content (AvgIpc) is 3.14. The van der Waals surface area contributed by atoms with Gasteiger partial charge in [0.25, 0.3) is 5.91 Å². The van der Waals surface area contributed by atoms with Gasteiger partial charge in [-0.2, -0.15) is 10.2 Å². The van der Waals surface area contributed by atoms with E-state index < -0.39 is 9.84 Å². The molecule has 0 bridgehead atoms. The smallest absolute Gasteiger partial charge is 0.259 e. The Labute approximate surface area is 158 Å². The Bertz CT molecular complexity index is 951. The number of sulfone groups is 1. The van der Waals surface area contributed by atoms with Crippen molar-refractivity contribution in [3.63, 3.8) is 0 Å². The summed E-state index contributed by atoms with van der Waals surface area (Å²) in [6.07, 6.45) is 2.13. The zero-order chi connectivity index (χ0) is 19.4. The van der Waals surface area contributed by atoms with Crippen LogP contribution in [-0.2, 0) is 14.6 Å². The fourth-order valence-corrected chi connectivity index (χ4v) is 4.82. The number of hydrogen-bond acceptors (Lipinski definition) is 6. The second kappa shape index (κ2) is 7.91. The van der Waals surface area contributed by atoms with E-state index in [4.69, 9.17) is 0 Å². The zero-order valence-corrected chi connectivity index (χ0v) is 16.2. The van der Waals surface area contributed by atoms with Gasteiger partial charge in [-0.15, -0.1) is 0 Å². The number of carbonyl (C=O) groups is 1. The van der Waals surface area contributed by atoms with E-state index in [9.17, 15) is 13.2 Å². The molecule has 1 saturated heterocycles. The molecule has 1 aliphatic heterocycles. The van der Waals surface area contributed by atoms with Crippen molar-refractivity contribution in [1.82, 2.24) is 15.2 Å². The lowest BCUT2D eigenvalue weighted by molar-refractivity contribution is -0.119.